The zero-order chi connectivity index (χ0) is 21.0. The third kappa shape index (κ3) is 3.93. The van der Waals surface area contributed by atoms with E-state index in [0.717, 1.165) is 12.1 Å². The molecule has 2 heteroatoms. The molecule has 31 heavy (non-hydrogen) atoms. The van der Waals surface area contributed by atoms with Gasteiger partial charge in [-0.3, -0.25) is 4.98 Å². The number of para-hydroxylation sites is 1. The van der Waals surface area contributed by atoms with Crippen molar-refractivity contribution in [2.24, 2.45) is 0 Å². The highest BCUT2D eigenvalue weighted by molar-refractivity contribution is 6.08. The first-order chi connectivity index (χ1) is 15.3. The molecule has 0 aliphatic heterocycles. The van der Waals surface area contributed by atoms with Gasteiger partial charge < -0.3 is 4.57 Å². The van der Waals surface area contributed by atoms with Crippen molar-refractivity contribution in [1.82, 2.24) is 9.55 Å². The van der Waals surface area contributed by atoms with Crippen molar-refractivity contribution in [1.29, 1.82) is 0 Å². The van der Waals surface area contributed by atoms with Crippen molar-refractivity contribution in [2.75, 3.05) is 0 Å². The van der Waals surface area contributed by atoms with Crippen molar-refractivity contribution >= 4 is 46.1 Å². The van der Waals surface area contributed by atoms with E-state index >= 15 is 0 Å². The van der Waals surface area contributed by atoms with Crippen LogP contribution >= 0.6 is 0 Å². The summed E-state index contributed by atoms with van der Waals surface area (Å²) in [6.45, 7) is 3.18. The lowest BCUT2D eigenvalue weighted by atomic mass is 10.1. The van der Waals surface area contributed by atoms with Gasteiger partial charge in [0, 0.05) is 40.7 Å². The van der Waals surface area contributed by atoms with Gasteiger partial charge in [0.1, 0.15) is 0 Å². The van der Waals surface area contributed by atoms with E-state index in [-0.39, 0.29) is 0 Å². The lowest BCUT2D eigenvalue weighted by molar-refractivity contribution is 0.827. The Morgan fingerprint density at radius 2 is 1.16 bits per heavy atom. The summed E-state index contributed by atoms with van der Waals surface area (Å²) in [5.41, 5.74) is 7.34. The van der Waals surface area contributed by atoms with Crippen LogP contribution in [0.3, 0.4) is 0 Å². The minimum absolute atomic E-state index is 0.973. The molecule has 3 aromatic carbocycles. The third-order valence-corrected chi connectivity index (χ3v) is 5.69. The first kappa shape index (κ1) is 19.1. The molecule has 0 aliphatic rings. The first-order valence-corrected chi connectivity index (χ1v) is 10.7. The molecule has 150 valence electrons. The number of benzene rings is 3. The molecule has 2 nitrogen and oxygen atoms in total. The van der Waals surface area contributed by atoms with Crippen LogP contribution < -0.4 is 0 Å². The van der Waals surface area contributed by atoms with Crippen LogP contribution in [0.2, 0.25) is 0 Å². The van der Waals surface area contributed by atoms with Crippen molar-refractivity contribution < 1.29 is 0 Å². The van der Waals surface area contributed by atoms with Crippen LogP contribution in [0.1, 0.15) is 29.2 Å². The van der Waals surface area contributed by atoms with Gasteiger partial charge >= 0.3 is 0 Å². The lowest BCUT2D eigenvalue weighted by Crippen LogP contribution is -1.92. The van der Waals surface area contributed by atoms with Crippen molar-refractivity contribution in [3.63, 3.8) is 0 Å². The summed E-state index contributed by atoms with van der Waals surface area (Å²) in [6, 6.07) is 28.0. The van der Waals surface area contributed by atoms with Gasteiger partial charge in [-0.15, -0.1) is 0 Å². The van der Waals surface area contributed by atoms with E-state index in [0.29, 0.717) is 0 Å². The van der Waals surface area contributed by atoms with Crippen molar-refractivity contribution in [2.45, 2.75) is 13.5 Å². The molecule has 0 bridgehead atoms. The zero-order valence-electron chi connectivity index (χ0n) is 17.6. The second kappa shape index (κ2) is 8.45. The molecule has 0 amide bonds. The van der Waals surface area contributed by atoms with E-state index in [2.05, 4.69) is 108 Å². The van der Waals surface area contributed by atoms with Crippen molar-refractivity contribution in [3.8, 4) is 0 Å². The molecule has 0 saturated carbocycles. The zero-order valence-corrected chi connectivity index (χ0v) is 17.6. The Morgan fingerprint density at radius 3 is 1.84 bits per heavy atom. The van der Waals surface area contributed by atoms with Crippen LogP contribution in [0.15, 0.2) is 91.3 Å². The Morgan fingerprint density at radius 1 is 0.613 bits per heavy atom. The number of hydrogen-bond acceptors (Lipinski definition) is 1. The fourth-order valence-corrected chi connectivity index (χ4v) is 4.09. The lowest BCUT2D eigenvalue weighted by Gasteiger charge is -2.03. The fourth-order valence-electron chi connectivity index (χ4n) is 4.09. The summed E-state index contributed by atoms with van der Waals surface area (Å²) in [6.07, 6.45) is 12.2. The Bertz CT molecular complexity index is 1390. The number of hydrogen-bond donors (Lipinski definition) is 0. The van der Waals surface area contributed by atoms with Gasteiger partial charge in [0.25, 0.3) is 0 Å². The molecule has 0 radical (unpaired) electrons. The van der Waals surface area contributed by atoms with E-state index in [4.69, 9.17) is 0 Å². The Labute approximate surface area is 182 Å². The number of pyridine rings is 1. The van der Waals surface area contributed by atoms with E-state index in [1.165, 1.54) is 38.5 Å². The highest BCUT2D eigenvalue weighted by atomic mass is 15.0. The minimum atomic E-state index is 0.973. The average molecular weight is 401 g/mol. The summed E-state index contributed by atoms with van der Waals surface area (Å²) in [7, 11) is 0. The molecular formula is C29H24N2. The number of aryl methyl sites for hydroxylation is 1. The highest BCUT2D eigenvalue weighted by Gasteiger charge is 2.08. The molecule has 5 rings (SSSR count). The van der Waals surface area contributed by atoms with Gasteiger partial charge in [-0.05, 0) is 59.5 Å². The predicted octanol–water partition coefficient (Wildman–Crippen LogP) is 7.55. The second-order valence-electron chi connectivity index (χ2n) is 7.65. The third-order valence-electron chi connectivity index (χ3n) is 5.69. The van der Waals surface area contributed by atoms with Gasteiger partial charge in [-0.2, -0.15) is 0 Å². The molecule has 0 unspecified atom stereocenters. The van der Waals surface area contributed by atoms with E-state index in [1.54, 1.807) is 0 Å². The average Bonchev–Trinajstić information content (AvgIpc) is 3.16. The smallest absolute Gasteiger partial charge is 0.0491 e. The summed E-state index contributed by atoms with van der Waals surface area (Å²) >= 11 is 0. The fraction of sp³-hybridized carbons (Fsp3) is 0.0690. The molecule has 2 heterocycles. The number of aromatic nitrogens is 2. The van der Waals surface area contributed by atoms with E-state index < -0.39 is 0 Å². The van der Waals surface area contributed by atoms with Crippen LogP contribution in [-0.4, -0.2) is 9.55 Å². The molecule has 0 saturated heterocycles. The molecule has 0 atom stereocenters. The molecular weight excluding hydrogens is 376 g/mol. The number of rotatable bonds is 5. The Kier molecular flexibility index (Phi) is 5.20. The summed E-state index contributed by atoms with van der Waals surface area (Å²) in [5, 5.41) is 2.64. The van der Waals surface area contributed by atoms with Crippen LogP contribution in [0.25, 0.3) is 46.1 Å². The summed E-state index contributed by atoms with van der Waals surface area (Å²) in [4.78, 5) is 4.05. The Balaban J connectivity index is 1.39. The van der Waals surface area contributed by atoms with Gasteiger partial charge in [0.2, 0.25) is 0 Å². The van der Waals surface area contributed by atoms with Crippen LogP contribution in [-0.2, 0) is 6.54 Å². The van der Waals surface area contributed by atoms with Gasteiger partial charge in [0.05, 0.1) is 0 Å². The molecule has 0 fully saturated rings. The van der Waals surface area contributed by atoms with Gasteiger partial charge in [-0.25, -0.2) is 0 Å². The monoisotopic (exact) mass is 400 g/mol. The topological polar surface area (TPSA) is 17.8 Å². The maximum absolute atomic E-state index is 4.05. The quantitative estimate of drug-likeness (QED) is 0.278. The maximum Gasteiger partial charge on any atom is 0.0491 e. The molecule has 0 aliphatic carbocycles. The number of nitrogens with zero attached hydrogens (tertiary/aromatic N) is 2. The summed E-state index contributed by atoms with van der Waals surface area (Å²) in [5.74, 6) is 0. The van der Waals surface area contributed by atoms with Crippen molar-refractivity contribution in [3.05, 3.63) is 114 Å². The normalized spacial score (nSPS) is 11.9. The van der Waals surface area contributed by atoms with E-state index in [1.807, 2.05) is 24.5 Å². The molecule has 2 aromatic heterocycles. The minimum Gasteiger partial charge on any atom is -0.341 e. The molecule has 0 N–H and O–H groups in total. The SMILES string of the molecule is CCn1c2ccccc2c2cc(C=Cc3ccc(C=Cc4ccncc4)cc3)ccc21. The standard InChI is InChI=1S/C29H24N2/c1-2-31-28-6-4-3-5-26(28)27-21-25(15-16-29(27)31)14-13-23-9-7-22(8-10-23)11-12-24-17-19-30-20-18-24/h3-21H,2H2,1H3. The highest BCUT2D eigenvalue weighted by Crippen LogP contribution is 2.30. The van der Waals surface area contributed by atoms with Gasteiger partial charge in [-0.1, -0.05) is 72.8 Å². The molecule has 5 aromatic rings. The molecule has 0 spiro atoms. The largest absolute Gasteiger partial charge is 0.341 e. The Hall–Kier alpha value is -3.91. The maximum atomic E-state index is 4.05. The van der Waals surface area contributed by atoms with Gasteiger partial charge in [0.15, 0.2) is 0 Å². The first-order valence-electron chi connectivity index (χ1n) is 10.7. The van der Waals surface area contributed by atoms with Crippen LogP contribution in [0.5, 0.6) is 0 Å². The van der Waals surface area contributed by atoms with E-state index in [9.17, 15) is 0 Å². The number of fused-ring (bicyclic) bond motifs is 3. The van der Waals surface area contributed by atoms with Crippen LogP contribution in [0, 0.1) is 0 Å². The second-order valence-corrected chi connectivity index (χ2v) is 7.65. The van der Waals surface area contributed by atoms with Crippen LogP contribution in [0.4, 0.5) is 0 Å². The predicted molar refractivity (Wildman–Crippen MR) is 134 cm³/mol. The summed E-state index contributed by atoms with van der Waals surface area (Å²) < 4.78 is 2.39.